The van der Waals surface area contributed by atoms with Crippen LogP contribution in [-0.4, -0.2) is 73.6 Å². The lowest BCUT2D eigenvalue weighted by Gasteiger charge is -2.30. The Morgan fingerprint density at radius 2 is 1.74 bits per heavy atom. The van der Waals surface area contributed by atoms with E-state index in [0.29, 0.717) is 35.3 Å². The van der Waals surface area contributed by atoms with Crippen LogP contribution in [-0.2, 0) is 25.6 Å². The standard InChI is InChI=1S/C32H32FN5O9/c1-3-12-38(26-9-4-17-13-25-21(15-20(17)26)30(43)35-16(2)34-25)18-5-6-19(22(33)14-18)29(42)37-24(32(46)47)7-10-27(39)36-23(31(44)45)8-11-28(40)41/h1,5-6,13-15,23-24,26H,4,7-12H2,2H3,(H,36,39)(H,37,42)(H,40,41)(H,44,45)(H,46,47)(H,34,35,43)/t23-,24+,26?/m1/s1. The van der Waals surface area contributed by atoms with Crippen LogP contribution in [0.3, 0.4) is 0 Å². The third-order valence-corrected chi connectivity index (χ3v) is 7.84. The Kier molecular flexibility index (Phi) is 10.6. The van der Waals surface area contributed by atoms with Crippen molar-refractivity contribution in [2.75, 3.05) is 11.4 Å². The third-order valence-electron chi connectivity index (χ3n) is 7.84. The van der Waals surface area contributed by atoms with Gasteiger partial charge in [-0.3, -0.25) is 19.2 Å². The van der Waals surface area contributed by atoms with Gasteiger partial charge in [-0.15, -0.1) is 6.42 Å². The zero-order chi connectivity index (χ0) is 34.4. The van der Waals surface area contributed by atoms with E-state index in [2.05, 4.69) is 26.5 Å². The molecule has 0 bridgehead atoms. The lowest BCUT2D eigenvalue weighted by atomic mass is 10.0. The number of benzene rings is 2. The molecule has 6 N–H and O–H groups in total. The summed E-state index contributed by atoms with van der Waals surface area (Å²) in [4.78, 5) is 80.5. The maximum atomic E-state index is 15.4. The van der Waals surface area contributed by atoms with Crippen molar-refractivity contribution >= 4 is 46.3 Å². The summed E-state index contributed by atoms with van der Waals surface area (Å²) in [7, 11) is 0. The van der Waals surface area contributed by atoms with E-state index in [0.717, 1.165) is 17.2 Å². The number of aliphatic carboxylic acids is 3. The van der Waals surface area contributed by atoms with E-state index in [1.807, 2.05) is 6.07 Å². The van der Waals surface area contributed by atoms with Gasteiger partial charge in [0.2, 0.25) is 5.91 Å². The Morgan fingerprint density at radius 1 is 1.06 bits per heavy atom. The second kappa shape index (κ2) is 14.5. The molecule has 1 aromatic heterocycles. The van der Waals surface area contributed by atoms with Crippen molar-refractivity contribution in [3.63, 3.8) is 0 Å². The van der Waals surface area contributed by atoms with Crippen LogP contribution in [0, 0.1) is 25.1 Å². The minimum atomic E-state index is -1.63. The molecule has 1 aliphatic carbocycles. The van der Waals surface area contributed by atoms with Crippen LogP contribution in [0.1, 0.15) is 65.5 Å². The predicted molar refractivity (Wildman–Crippen MR) is 165 cm³/mol. The molecule has 2 amide bonds. The van der Waals surface area contributed by atoms with Crippen LogP contribution in [0.5, 0.6) is 0 Å². The molecular formula is C32H32FN5O9. The highest BCUT2D eigenvalue weighted by atomic mass is 19.1. The molecule has 1 aliphatic rings. The van der Waals surface area contributed by atoms with Crippen LogP contribution in [0.15, 0.2) is 35.1 Å². The topological polar surface area (TPSA) is 219 Å². The summed E-state index contributed by atoms with van der Waals surface area (Å²) in [5.74, 6) is -4.07. The number of aryl methyl sites for hydroxylation is 2. The van der Waals surface area contributed by atoms with Gasteiger partial charge < -0.3 is 35.8 Å². The zero-order valence-corrected chi connectivity index (χ0v) is 25.2. The molecular weight excluding hydrogens is 617 g/mol. The Morgan fingerprint density at radius 3 is 2.38 bits per heavy atom. The molecule has 4 rings (SSSR count). The Bertz CT molecular complexity index is 1850. The number of hydrogen-bond acceptors (Lipinski definition) is 8. The molecule has 246 valence electrons. The summed E-state index contributed by atoms with van der Waals surface area (Å²) in [5.41, 5.74) is 1.99. The summed E-state index contributed by atoms with van der Waals surface area (Å²) in [5, 5.41) is 32.2. The molecule has 3 aromatic rings. The largest absolute Gasteiger partial charge is 0.481 e. The number of aromatic amines is 1. The van der Waals surface area contributed by atoms with Crippen LogP contribution in [0.25, 0.3) is 10.9 Å². The first-order chi connectivity index (χ1) is 22.3. The number of aromatic nitrogens is 2. The van der Waals surface area contributed by atoms with E-state index in [4.69, 9.17) is 11.5 Å². The highest BCUT2D eigenvalue weighted by Gasteiger charge is 2.30. The van der Waals surface area contributed by atoms with Crippen LogP contribution in [0.2, 0.25) is 0 Å². The zero-order valence-electron chi connectivity index (χ0n) is 25.2. The minimum Gasteiger partial charge on any atom is -0.481 e. The van der Waals surface area contributed by atoms with Crippen LogP contribution >= 0.6 is 0 Å². The predicted octanol–water partition coefficient (Wildman–Crippen LogP) is 1.90. The van der Waals surface area contributed by atoms with Gasteiger partial charge in [0.1, 0.15) is 23.7 Å². The second-order valence-electron chi connectivity index (χ2n) is 11.1. The molecule has 47 heavy (non-hydrogen) atoms. The molecule has 0 radical (unpaired) electrons. The van der Waals surface area contributed by atoms with Crippen molar-refractivity contribution in [2.45, 2.75) is 63.6 Å². The number of carboxylic acid groups (broad SMARTS) is 3. The first kappa shape index (κ1) is 34.1. The number of nitrogens with zero attached hydrogens (tertiary/aromatic N) is 2. The van der Waals surface area contributed by atoms with E-state index in [1.165, 1.54) is 12.1 Å². The number of amides is 2. The van der Waals surface area contributed by atoms with Gasteiger partial charge in [-0.05, 0) is 74.1 Å². The van der Waals surface area contributed by atoms with E-state index in [1.54, 1.807) is 17.9 Å². The van der Waals surface area contributed by atoms with E-state index in [-0.39, 0.29) is 24.6 Å². The second-order valence-corrected chi connectivity index (χ2v) is 11.1. The van der Waals surface area contributed by atoms with Gasteiger partial charge in [0.25, 0.3) is 11.5 Å². The fourth-order valence-corrected chi connectivity index (χ4v) is 5.57. The van der Waals surface area contributed by atoms with Crippen LogP contribution < -0.4 is 21.1 Å². The molecule has 0 aliphatic heterocycles. The first-order valence-corrected chi connectivity index (χ1v) is 14.6. The van der Waals surface area contributed by atoms with Crippen molar-refractivity contribution in [1.82, 2.24) is 20.6 Å². The molecule has 0 saturated heterocycles. The van der Waals surface area contributed by atoms with Crippen molar-refractivity contribution in [3.8, 4) is 12.3 Å². The summed E-state index contributed by atoms with van der Waals surface area (Å²) in [6.07, 6.45) is 5.07. The molecule has 0 spiro atoms. The van der Waals surface area contributed by atoms with Crippen LogP contribution in [0.4, 0.5) is 10.1 Å². The highest BCUT2D eigenvalue weighted by Crippen LogP contribution is 2.39. The van der Waals surface area contributed by atoms with Crippen molar-refractivity contribution < 1.29 is 43.7 Å². The number of nitrogens with one attached hydrogen (secondary N) is 3. The molecule has 1 unspecified atom stereocenters. The lowest BCUT2D eigenvalue weighted by Crippen LogP contribution is -2.44. The third kappa shape index (κ3) is 8.09. The van der Waals surface area contributed by atoms with Gasteiger partial charge >= 0.3 is 17.9 Å². The van der Waals surface area contributed by atoms with Gasteiger partial charge in [0.15, 0.2) is 0 Å². The maximum Gasteiger partial charge on any atom is 0.326 e. The van der Waals surface area contributed by atoms with Gasteiger partial charge in [0, 0.05) is 18.5 Å². The van der Waals surface area contributed by atoms with Gasteiger partial charge in [-0.2, -0.15) is 0 Å². The van der Waals surface area contributed by atoms with E-state index < -0.39 is 72.4 Å². The Balaban J connectivity index is 1.47. The maximum absolute atomic E-state index is 15.4. The monoisotopic (exact) mass is 649 g/mol. The normalized spacial score (nSPS) is 14.8. The fraction of sp³-hybridized carbons (Fsp3) is 0.344. The number of halogens is 1. The Labute approximate surface area is 267 Å². The molecule has 1 heterocycles. The Hall–Kier alpha value is -5.78. The summed E-state index contributed by atoms with van der Waals surface area (Å²) in [6, 6.07) is 3.95. The van der Waals surface area contributed by atoms with E-state index >= 15 is 4.39 Å². The SMILES string of the molecule is C#CCN(c1ccc(C(=O)N[C@@H](CCC(=O)N[C@H](CCC(=O)O)C(=O)O)C(=O)O)c(F)c1)C1CCc2cc3nc(C)[nH]c(=O)c3cc21. The number of terminal acetylenes is 1. The van der Waals surface area contributed by atoms with Crippen molar-refractivity contribution in [2.24, 2.45) is 0 Å². The molecule has 0 fully saturated rings. The fourth-order valence-electron chi connectivity index (χ4n) is 5.57. The lowest BCUT2D eigenvalue weighted by molar-refractivity contribution is -0.143. The smallest absolute Gasteiger partial charge is 0.326 e. The summed E-state index contributed by atoms with van der Waals surface area (Å²) < 4.78 is 15.4. The molecule has 15 heteroatoms. The number of anilines is 1. The molecule has 14 nitrogen and oxygen atoms in total. The minimum absolute atomic E-state index is 0.0812. The van der Waals surface area contributed by atoms with Gasteiger partial charge in [-0.25, -0.2) is 19.0 Å². The summed E-state index contributed by atoms with van der Waals surface area (Å²) in [6.45, 7) is 1.77. The van der Waals surface area contributed by atoms with Crippen molar-refractivity contribution in [1.29, 1.82) is 0 Å². The number of carboxylic acids is 3. The van der Waals surface area contributed by atoms with Gasteiger partial charge in [-0.1, -0.05) is 5.92 Å². The number of carbonyl (C=O) groups excluding carboxylic acids is 2. The number of carbonyl (C=O) groups is 5. The average Bonchev–Trinajstić information content (AvgIpc) is 3.40. The molecule has 2 aromatic carbocycles. The number of H-pyrrole nitrogens is 1. The molecule has 3 atom stereocenters. The number of rotatable bonds is 14. The average molecular weight is 650 g/mol. The van der Waals surface area contributed by atoms with Crippen molar-refractivity contribution in [3.05, 3.63) is 69.0 Å². The highest BCUT2D eigenvalue weighted by molar-refractivity contribution is 5.97. The summed E-state index contributed by atoms with van der Waals surface area (Å²) >= 11 is 0. The van der Waals surface area contributed by atoms with E-state index in [9.17, 15) is 39.0 Å². The molecule has 0 saturated carbocycles. The van der Waals surface area contributed by atoms with Gasteiger partial charge in [0.05, 0.1) is 29.1 Å². The quantitative estimate of drug-likeness (QED) is 0.139. The number of hydrogen-bond donors (Lipinski definition) is 6. The first-order valence-electron chi connectivity index (χ1n) is 14.6. The number of fused-ring (bicyclic) bond motifs is 2.